The number of fused-ring (bicyclic) bond motifs is 2. The number of rotatable bonds is 1. The molecule has 0 saturated heterocycles. The molecule has 1 aliphatic rings. The third kappa shape index (κ3) is 1.74. The van der Waals surface area contributed by atoms with Crippen molar-refractivity contribution in [1.29, 1.82) is 0 Å². The van der Waals surface area contributed by atoms with Gasteiger partial charge in [-0.2, -0.15) is 8.42 Å². The van der Waals surface area contributed by atoms with Gasteiger partial charge < -0.3 is 0 Å². The molecule has 0 amide bonds. The molecule has 0 radical (unpaired) electrons. The van der Waals surface area contributed by atoms with Crippen LogP contribution < -0.4 is 0 Å². The number of hydrogen-bond acceptors (Lipinski definition) is 2. The van der Waals surface area contributed by atoms with E-state index in [0.717, 1.165) is 23.8 Å². The van der Waals surface area contributed by atoms with Gasteiger partial charge in [0.2, 0.25) is 0 Å². The molecule has 0 aliphatic heterocycles. The van der Waals surface area contributed by atoms with Crippen LogP contribution in [0.15, 0.2) is 41.3 Å². The van der Waals surface area contributed by atoms with Gasteiger partial charge in [0, 0.05) is 5.39 Å². The summed E-state index contributed by atoms with van der Waals surface area (Å²) in [5.74, 6) is 0. The number of aryl methyl sites for hydroxylation is 1. The summed E-state index contributed by atoms with van der Waals surface area (Å²) in [5, 5.41) is 1.42. The first kappa shape index (κ1) is 11.4. The lowest BCUT2D eigenvalue weighted by Gasteiger charge is -2.16. The van der Waals surface area contributed by atoms with E-state index < -0.39 is 10.1 Å². The van der Waals surface area contributed by atoms with Crippen LogP contribution in [0.4, 0.5) is 0 Å². The van der Waals surface area contributed by atoms with E-state index in [-0.39, 0.29) is 4.90 Å². The SMILES string of the molecule is O=S(=O)(O)c1c2c(cc3ccccc13)CCC=C2. The second-order valence-corrected chi connectivity index (χ2v) is 5.77. The van der Waals surface area contributed by atoms with Crippen molar-refractivity contribution in [3.8, 4) is 0 Å². The first-order valence-corrected chi connectivity index (χ1v) is 7.20. The molecule has 1 aliphatic carbocycles. The molecular weight excluding hydrogens is 248 g/mol. The summed E-state index contributed by atoms with van der Waals surface area (Å²) < 4.78 is 32.8. The Bertz CT molecular complexity index is 758. The Morgan fingerprint density at radius 2 is 1.94 bits per heavy atom. The van der Waals surface area contributed by atoms with Gasteiger partial charge in [0.05, 0.1) is 0 Å². The van der Waals surface area contributed by atoms with E-state index in [9.17, 15) is 13.0 Å². The standard InChI is InChI=1S/C14H12O3S/c15-18(16,17)14-12-7-3-1-5-10(12)9-11-6-2-4-8-13(11)14/h1,3-5,7-9H,2,6H2,(H,15,16,17). The Balaban J connectivity index is 2.53. The molecule has 0 bridgehead atoms. The quantitative estimate of drug-likeness (QED) is 0.802. The number of benzene rings is 2. The topological polar surface area (TPSA) is 54.4 Å². The Labute approximate surface area is 106 Å². The smallest absolute Gasteiger partial charge is 0.282 e. The molecule has 0 atom stereocenters. The summed E-state index contributed by atoms with van der Waals surface area (Å²) in [7, 11) is -4.22. The van der Waals surface area contributed by atoms with E-state index >= 15 is 0 Å². The maximum atomic E-state index is 11.6. The molecule has 0 unspecified atom stereocenters. The average Bonchev–Trinajstić information content (AvgIpc) is 2.34. The summed E-state index contributed by atoms with van der Waals surface area (Å²) in [6.45, 7) is 0. The Morgan fingerprint density at radius 3 is 2.72 bits per heavy atom. The minimum Gasteiger partial charge on any atom is -0.282 e. The highest BCUT2D eigenvalue weighted by Crippen LogP contribution is 2.33. The highest BCUT2D eigenvalue weighted by Gasteiger charge is 2.22. The van der Waals surface area contributed by atoms with Gasteiger partial charge in [-0.25, -0.2) is 0 Å². The van der Waals surface area contributed by atoms with E-state index in [0.29, 0.717) is 10.9 Å². The highest BCUT2D eigenvalue weighted by molar-refractivity contribution is 7.86. The molecule has 3 rings (SSSR count). The molecule has 3 nitrogen and oxygen atoms in total. The first-order valence-electron chi connectivity index (χ1n) is 5.76. The van der Waals surface area contributed by atoms with Gasteiger partial charge in [0.1, 0.15) is 4.90 Å². The van der Waals surface area contributed by atoms with Gasteiger partial charge in [-0.3, -0.25) is 4.55 Å². The molecule has 0 fully saturated rings. The fraction of sp³-hybridized carbons (Fsp3) is 0.143. The van der Waals surface area contributed by atoms with Gasteiger partial charge in [0.25, 0.3) is 10.1 Å². The van der Waals surface area contributed by atoms with E-state index in [2.05, 4.69) is 0 Å². The van der Waals surface area contributed by atoms with Crippen LogP contribution in [0.25, 0.3) is 16.8 Å². The van der Waals surface area contributed by atoms with Crippen molar-refractivity contribution >= 4 is 27.0 Å². The maximum absolute atomic E-state index is 11.6. The summed E-state index contributed by atoms with van der Waals surface area (Å²) in [6.07, 6.45) is 5.43. The van der Waals surface area contributed by atoms with Crippen LogP contribution in [0.1, 0.15) is 17.5 Å². The van der Waals surface area contributed by atoms with Crippen molar-refractivity contribution in [2.75, 3.05) is 0 Å². The summed E-state index contributed by atoms with van der Waals surface area (Å²) >= 11 is 0. The Morgan fingerprint density at radius 1 is 1.17 bits per heavy atom. The van der Waals surface area contributed by atoms with Crippen LogP contribution >= 0.6 is 0 Å². The molecule has 18 heavy (non-hydrogen) atoms. The van der Waals surface area contributed by atoms with Crippen molar-refractivity contribution < 1.29 is 13.0 Å². The zero-order valence-corrected chi connectivity index (χ0v) is 10.4. The van der Waals surface area contributed by atoms with Crippen molar-refractivity contribution in [1.82, 2.24) is 0 Å². The molecule has 0 aromatic heterocycles. The monoisotopic (exact) mass is 260 g/mol. The summed E-state index contributed by atoms with van der Waals surface area (Å²) in [5.41, 5.74) is 1.60. The average molecular weight is 260 g/mol. The van der Waals surface area contributed by atoms with Crippen LogP contribution in [0.2, 0.25) is 0 Å². The molecule has 4 heteroatoms. The Hall–Kier alpha value is -1.65. The van der Waals surface area contributed by atoms with E-state index in [4.69, 9.17) is 0 Å². The predicted octanol–water partition coefficient (Wildman–Crippen LogP) is 3.05. The minimum absolute atomic E-state index is 0.0338. The van der Waals surface area contributed by atoms with Gasteiger partial charge in [-0.1, -0.05) is 42.5 Å². The first-order chi connectivity index (χ1) is 8.57. The van der Waals surface area contributed by atoms with Crippen LogP contribution in [0.3, 0.4) is 0 Å². The van der Waals surface area contributed by atoms with Gasteiger partial charge in [-0.15, -0.1) is 0 Å². The predicted molar refractivity (Wildman–Crippen MR) is 71.1 cm³/mol. The molecule has 2 aromatic carbocycles. The Kier molecular flexibility index (Phi) is 2.50. The zero-order chi connectivity index (χ0) is 12.8. The summed E-state index contributed by atoms with van der Waals surface area (Å²) in [6, 6.07) is 9.23. The molecule has 2 aromatic rings. The molecule has 0 heterocycles. The molecule has 0 spiro atoms. The van der Waals surface area contributed by atoms with Crippen molar-refractivity contribution in [2.45, 2.75) is 17.7 Å². The van der Waals surface area contributed by atoms with Gasteiger partial charge in [0.15, 0.2) is 0 Å². The van der Waals surface area contributed by atoms with E-state index in [1.807, 2.05) is 24.3 Å². The third-order valence-corrected chi connectivity index (χ3v) is 4.20. The fourth-order valence-corrected chi connectivity index (χ4v) is 3.43. The van der Waals surface area contributed by atoms with Crippen molar-refractivity contribution in [3.63, 3.8) is 0 Å². The summed E-state index contributed by atoms with van der Waals surface area (Å²) in [4.78, 5) is 0.0338. The molecular formula is C14H12O3S. The third-order valence-electron chi connectivity index (χ3n) is 3.25. The fourth-order valence-electron chi connectivity index (χ4n) is 2.49. The van der Waals surface area contributed by atoms with Crippen LogP contribution in [0.5, 0.6) is 0 Å². The number of allylic oxidation sites excluding steroid dienone is 1. The second kappa shape index (κ2) is 3.93. The highest BCUT2D eigenvalue weighted by atomic mass is 32.2. The lowest BCUT2D eigenvalue weighted by Crippen LogP contribution is -2.06. The largest absolute Gasteiger partial charge is 0.295 e. The number of hydrogen-bond donors (Lipinski definition) is 1. The second-order valence-electron chi connectivity index (χ2n) is 4.42. The van der Waals surface area contributed by atoms with E-state index in [1.54, 1.807) is 18.2 Å². The lowest BCUT2D eigenvalue weighted by molar-refractivity contribution is 0.484. The zero-order valence-electron chi connectivity index (χ0n) is 9.63. The minimum atomic E-state index is -4.22. The van der Waals surface area contributed by atoms with E-state index in [1.165, 1.54) is 0 Å². The van der Waals surface area contributed by atoms with Gasteiger partial charge >= 0.3 is 0 Å². The van der Waals surface area contributed by atoms with Crippen molar-refractivity contribution in [3.05, 3.63) is 47.5 Å². The van der Waals surface area contributed by atoms with Crippen LogP contribution in [0, 0.1) is 0 Å². The van der Waals surface area contributed by atoms with Crippen LogP contribution in [-0.4, -0.2) is 13.0 Å². The van der Waals surface area contributed by atoms with Crippen LogP contribution in [-0.2, 0) is 16.5 Å². The van der Waals surface area contributed by atoms with Gasteiger partial charge in [-0.05, 0) is 29.4 Å². The van der Waals surface area contributed by atoms with Crippen molar-refractivity contribution in [2.24, 2.45) is 0 Å². The molecule has 1 N–H and O–H groups in total. The lowest BCUT2D eigenvalue weighted by atomic mass is 9.94. The molecule has 92 valence electrons. The maximum Gasteiger partial charge on any atom is 0.295 e. The molecule has 0 saturated carbocycles. The normalized spacial score (nSPS) is 14.7.